The molecule has 3 heterocycles. The minimum atomic E-state index is -1.05. The van der Waals surface area contributed by atoms with Crippen LogP contribution in [0.3, 0.4) is 0 Å². The van der Waals surface area contributed by atoms with Crippen LogP contribution in [0.25, 0.3) is 5.65 Å². The molecular formula is C13H11N5O2. The van der Waals surface area contributed by atoms with Crippen LogP contribution in [0.15, 0.2) is 42.9 Å². The number of rotatable bonds is 4. The average Bonchev–Trinajstić information content (AvgIpc) is 2.91. The van der Waals surface area contributed by atoms with E-state index in [2.05, 4.69) is 20.4 Å². The Bertz CT molecular complexity index is 754. The van der Waals surface area contributed by atoms with Crippen molar-refractivity contribution in [1.82, 2.24) is 19.6 Å². The monoisotopic (exact) mass is 269 g/mol. The molecule has 0 radical (unpaired) electrons. The number of nitrogens with zero attached hydrogens (tertiary/aromatic N) is 4. The minimum Gasteiger partial charge on any atom is -0.477 e. The third-order valence-corrected chi connectivity index (χ3v) is 2.81. The van der Waals surface area contributed by atoms with Crippen LogP contribution in [0.2, 0.25) is 0 Å². The first-order chi connectivity index (χ1) is 9.75. The molecule has 3 aromatic heterocycles. The molecule has 0 aromatic carbocycles. The summed E-state index contributed by atoms with van der Waals surface area (Å²) in [6, 6.07) is 7.38. The Labute approximate surface area is 113 Å². The van der Waals surface area contributed by atoms with Crippen LogP contribution >= 0.6 is 0 Å². The van der Waals surface area contributed by atoms with Crippen molar-refractivity contribution in [3.05, 3.63) is 54.1 Å². The topological polar surface area (TPSA) is 92.4 Å². The van der Waals surface area contributed by atoms with E-state index in [9.17, 15) is 4.79 Å². The molecule has 20 heavy (non-hydrogen) atoms. The van der Waals surface area contributed by atoms with Crippen LogP contribution in [-0.4, -0.2) is 30.7 Å². The summed E-state index contributed by atoms with van der Waals surface area (Å²) < 4.78 is 1.46. The number of carbonyl (C=O) groups is 1. The Morgan fingerprint density at radius 2 is 2.15 bits per heavy atom. The molecule has 3 aromatic rings. The molecule has 0 saturated carbocycles. The lowest BCUT2D eigenvalue weighted by atomic mass is 10.3. The van der Waals surface area contributed by atoms with Gasteiger partial charge in [0.15, 0.2) is 5.65 Å². The number of pyridine rings is 1. The van der Waals surface area contributed by atoms with Crippen LogP contribution in [0.5, 0.6) is 0 Å². The number of carboxylic acid groups (broad SMARTS) is 1. The van der Waals surface area contributed by atoms with Crippen molar-refractivity contribution in [2.24, 2.45) is 0 Å². The third kappa shape index (κ3) is 2.16. The van der Waals surface area contributed by atoms with Gasteiger partial charge >= 0.3 is 5.97 Å². The third-order valence-electron chi connectivity index (χ3n) is 2.81. The molecule has 0 bridgehead atoms. The van der Waals surface area contributed by atoms with Gasteiger partial charge < -0.3 is 10.4 Å². The predicted octanol–water partition coefficient (Wildman–Crippen LogP) is 1.43. The van der Waals surface area contributed by atoms with E-state index in [1.807, 2.05) is 18.2 Å². The summed E-state index contributed by atoms with van der Waals surface area (Å²) in [6.07, 6.45) is 4.55. The van der Waals surface area contributed by atoms with Crippen molar-refractivity contribution in [1.29, 1.82) is 0 Å². The van der Waals surface area contributed by atoms with Gasteiger partial charge in [-0.15, -0.1) is 0 Å². The number of carboxylic acids is 1. The second kappa shape index (κ2) is 4.96. The van der Waals surface area contributed by atoms with Gasteiger partial charge in [0.05, 0.1) is 18.4 Å². The standard InChI is InChI=1S/C13H11N5O2/c19-13(20)10-8-17-18-11(4-6-15-12(10)18)16-7-9-3-1-2-5-14-9/h1-6,8,16H,7H2,(H,19,20). The number of hydrogen-bond acceptors (Lipinski definition) is 5. The molecule has 2 N–H and O–H groups in total. The number of hydrogen-bond donors (Lipinski definition) is 2. The van der Waals surface area contributed by atoms with E-state index in [-0.39, 0.29) is 5.56 Å². The fraction of sp³-hybridized carbons (Fsp3) is 0.0769. The lowest BCUT2D eigenvalue weighted by Crippen LogP contribution is -2.07. The lowest BCUT2D eigenvalue weighted by Gasteiger charge is -2.07. The van der Waals surface area contributed by atoms with E-state index in [1.54, 1.807) is 18.5 Å². The molecule has 0 atom stereocenters. The number of nitrogens with one attached hydrogen (secondary N) is 1. The van der Waals surface area contributed by atoms with Gasteiger partial charge in [0, 0.05) is 12.4 Å². The highest BCUT2D eigenvalue weighted by atomic mass is 16.4. The average molecular weight is 269 g/mol. The Morgan fingerprint density at radius 3 is 2.90 bits per heavy atom. The highest BCUT2D eigenvalue weighted by molar-refractivity contribution is 5.94. The SMILES string of the molecule is O=C(O)c1cnn2c(NCc3ccccn3)ccnc12. The summed E-state index contributed by atoms with van der Waals surface area (Å²) >= 11 is 0. The fourth-order valence-electron chi connectivity index (χ4n) is 1.86. The first-order valence-corrected chi connectivity index (χ1v) is 5.95. The Hall–Kier alpha value is -2.96. The van der Waals surface area contributed by atoms with Crippen LogP contribution in [0.1, 0.15) is 16.1 Å². The van der Waals surface area contributed by atoms with Crippen LogP contribution in [-0.2, 0) is 6.54 Å². The van der Waals surface area contributed by atoms with Crippen molar-refractivity contribution in [3.63, 3.8) is 0 Å². The quantitative estimate of drug-likeness (QED) is 0.744. The molecular weight excluding hydrogens is 258 g/mol. The Kier molecular flexibility index (Phi) is 3.00. The van der Waals surface area contributed by atoms with Gasteiger partial charge in [0.2, 0.25) is 0 Å². The molecule has 7 heteroatoms. The van der Waals surface area contributed by atoms with Crippen molar-refractivity contribution < 1.29 is 9.90 Å². The molecule has 3 rings (SSSR count). The van der Waals surface area contributed by atoms with E-state index in [0.717, 1.165) is 5.69 Å². The maximum absolute atomic E-state index is 11.0. The van der Waals surface area contributed by atoms with E-state index in [4.69, 9.17) is 5.11 Å². The number of aromatic nitrogens is 4. The molecule has 7 nitrogen and oxygen atoms in total. The van der Waals surface area contributed by atoms with Gasteiger partial charge in [-0.1, -0.05) is 6.07 Å². The number of fused-ring (bicyclic) bond motifs is 1. The second-order valence-electron chi connectivity index (χ2n) is 4.10. The van der Waals surface area contributed by atoms with Crippen molar-refractivity contribution in [2.45, 2.75) is 6.54 Å². The van der Waals surface area contributed by atoms with E-state index < -0.39 is 5.97 Å². The van der Waals surface area contributed by atoms with Gasteiger partial charge in [-0.25, -0.2) is 9.78 Å². The molecule has 0 aliphatic heterocycles. The van der Waals surface area contributed by atoms with Gasteiger partial charge in [-0.05, 0) is 18.2 Å². The molecule has 0 spiro atoms. The maximum atomic E-state index is 11.0. The summed E-state index contributed by atoms with van der Waals surface area (Å²) in [4.78, 5) is 19.3. The van der Waals surface area contributed by atoms with Crippen molar-refractivity contribution >= 4 is 17.4 Å². The summed E-state index contributed by atoms with van der Waals surface area (Å²) in [5.74, 6) is -0.387. The summed E-state index contributed by atoms with van der Waals surface area (Å²) in [6.45, 7) is 0.516. The van der Waals surface area contributed by atoms with Crippen molar-refractivity contribution in [3.8, 4) is 0 Å². The zero-order chi connectivity index (χ0) is 13.9. The highest BCUT2D eigenvalue weighted by Gasteiger charge is 2.13. The van der Waals surface area contributed by atoms with Gasteiger partial charge in [-0.3, -0.25) is 4.98 Å². The van der Waals surface area contributed by atoms with Gasteiger partial charge in [-0.2, -0.15) is 9.61 Å². The first kappa shape index (κ1) is 12.1. The Balaban J connectivity index is 1.90. The minimum absolute atomic E-state index is 0.0755. The van der Waals surface area contributed by atoms with Crippen molar-refractivity contribution in [2.75, 3.05) is 5.32 Å². The second-order valence-corrected chi connectivity index (χ2v) is 4.10. The van der Waals surface area contributed by atoms with Gasteiger partial charge in [0.1, 0.15) is 11.4 Å². The zero-order valence-corrected chi connectivity index (χ0v) is 10.4. The number of aromatic carboxylic acids is 1. The smallest absolute Gasteiger partial charge is 0.341 e. The lowest BCUT2D eigenvalue weighted by molar-refractivity contribution is 0.0699. The molecule has 0 aliphatic rings. The summed E-state index contributed by atoms with van der Waals surface area (Å²) in [7, 11) is 0. The summed E-state index contributed by atoms with van der Waals surface area (Å²) in [5.41, 5.74) is 1.26. The predicted molar refractivity (Wildman–Crippen MR) is 71.5 cm³/mol. The zero-order valence-electron chi connectivity index (χ0n) is 10.4. The maximum Gasteiger partial charge on any atom is 0.341 e. The molecule has 0 unspecified atom stereocenters. The molecule has 0 saturated heterocycles. The Morgan fingerprint density at radius 1 is 1.25 bits per heavy atom. The van der Waals surface area contributed by atoms with E-state index in [1.165, 1.54) is 10.7 Å². The van der Waals surface area contributed by atoms with Crippen LogP contribution in [0, 0.1) is 0 Å². The molecule has 100 valence electrons. The van der Waals surface area contributed by atoms with E-state index in [0.29, 0.717) is 18.0 Å². The molecule has 0 amide bonds. The van der Waals surface area contributed by atoms with Crippen LogP contribution < -0.4 is 5.32 Å². The fourth-order valence-corrected chi connectivity index (χ4v) is 1.86. The number of anilines is 1. The molecule has 0 aliphatic carbocycles. The van der Waals surface area contributed by atoms with Crippen LogP contribution in [0.4, 0.5) is 5.82 Å². The molecule has 0 fully saturated rings. The van der Waals surface area contributed by atoms with E-state index >= 15 is 0 Å². The highest BCUT2D eigenvalue weighted by Crippen LogP contribution is 2.14. The first-order valence-electron chi connectivity index (χ1n) is 5.95. The summed E-state index contributed by atoms with van der Waals surface area (Å²) in [5, 5.41) is 16.3. The largest absolute Gasteiger partial charge is 0.477 e. The normalized spacial score (nSPS) is 10.6. The van der Waals surface area contributed by atoms with Gasteiger partial charge in [0.25, 0.3) is 0 Å².